The predicted octanol–water partition coefficient (Wildman–Crippen LogP) is 0.00240. The van der Waals surface area contributed by atoms with Gasteiger partial charge in [-0.3, -0.25) is 9.59 Å². The summed E-state index contributed by atoms with van der Waals surface area (Å²) in [7, 11) is 1.52. The van der Waals surface area contributed by atoms with E-state index in [4.69, 9.17) is 11.6 Å². The summed E-state index contributed by atoms with van der Waals surface area (Å²) in [4.78, 5) is 22.9. The van der Waals surface area contributed by atoms with Gasteiger partial charge in [-0.25, -0.2) is 0 Å². The first-order valence-corrected chi connectivity index (χ1v) is 3.40. The molecule has 1 heterocycles. The van der Waals surface area contributed by atoms with Crippen LogP contribution in [0.3, 0.4) is 0 Å². The molecule has 1 aliphatic heterocycles. The summed E-state index contributed by atoms with van der Waals surface area (Å²) in [6.07, 6.45) is 1.15. The number of carbonyl (C=O) groups is 2. The van der Waals surface area contributed by atoms with Crippen LogP contribution in [0.4, 0.5) is 0 Å². The average molecular weight is 175 g/mol. The van der Waals surface area contributed by atoms with Crippen LogP contribution in [-0.2, 0) is 9.59 Å². The number of nitrogens with zero attached hydrogens (tertiary/aromatic N) is 1. The first-order chi connectivity index (χ1) is 5.11. The minimum absolute atomic E-state index is 0.150. The molecule has 5 heteroatoms. The molecule has 0 saturated heterocycles. The Balaban J connectivity index is 2.84. The molecular weight excluding hydrogens is 168 g/mol. The molecule has 0 radical (unpaired) electrons. The summed E-state index contributed by atoms with van der Waals surface area (Å²) in [5, 5.41) is 2.58. The second-order valence-corrected chi connectivity index (χ2v) is 2.55. The molecule has 4 nitrogen and oxygen atoms in total. The van der Waals surface area contributed by atoms with Gasteiger partial charge in [-0.1, -0.05) is 11.6 Å². The molecule has 2 amide bonds. The van der Waals surface area contributed by atoms with Crippen molar-refractivity contribution in [2.45, 2.75) is 6.42 Å². The minimum atomic E-state index is -0.336. The van der Waals surface area contributed by atoms with Crippen LogP contribution in [0.1, 0.15) is 6.42 Å². The van der Waals surface area contributed by atoms with Crippen molar-refractivity contribution in [1.29, 1.82) is 0 Å². The molecule has 60 valence electrons. The van der Waals surface area contributed by atoms with Crippen molar-refractivity contribution in [2.24, 2.45) is 0 Å². The zero-order valence-corrected chi connectivity index (χ0v) is 6.68. The summed E-state index contributed by atoms with van der Waals surface area (Å²) in [5.74, 6) is -0.640. The van der Waals surface area contributed by atoms with Crippen LogP contribution < -0.4 is 5.32 Å². The summed E-state index contributed by atoms with van der Waals surface area (Å²) < 4.78 is 0. The predicted molar refractivity (Wildman–Crippen MR) is 39.5 cm³/mol. The molecular formula is C6H7ClN2O2. The lowest BCUT2D eigenvalue weighted by Crippen LogP contribution is -2.25. The summed E-state index contributed by atoms with van der Waals surface area (Å²) in [5.41, 5.74) is 0. The van der Waals surface area contributed by atoms with Crippen molar-refractivity contribution >= 4 is 23.4 Å². The summed E-state index contributed by atoms with van der Waals surface area (Å²) >= 11 is 5.58. The van der Waals surface area contributed by atoms with Gasteiger partial charge in [-0.05, 0) is 0 Å². The Kier molecular flexibility index (Phi) is 2.14. The van der Waals surface area contributed by atoms with Crippen LogP contribution in [0, 0.1) is 0 Å². The van der Waals surface area contributed by atoms with Gasteiger partial charge in [-0.15, -0.1) is 0 Å². The van der Waals surface area contributed by atoms with Gasteiger partial charge < -0.3 is 10.2 Å². The van der Waals surface area contributed by atoms with E-state index in [1.807, 2.05) is 0 Å². The zero-order valence-electron chi connectivity index (χ0n) is 5.93. The van der Waals surface area contributed by atoms with E-state index in [1.54, 1.807) is 0 Å². The molecule has 0 spiro atoms. The van der Waals surface area contributed by atoms with Gasteiger partial charge in [-0.2, -0.15) is 0 Å². The minimum Gasteiger partial charge on any atom is -0.329 e. The van der Waals surface area contributed by atoms with Crippen molar-refractivity contribution in [2.75, 3.05) is 7.05 Å². The van der Waals surface area contributed by atoms with Crippen molar-refractivity contribution in [1.82, 2.24) is 10.2 Å². The highest BCUT2D eigenvalue weighted by molar-refractivity contribution is 6.30. The second kappa shape index (κ2) is 2.92. The normalized spacial score (nSPS) is 19.1. The molecule has 1 rings (SSSR count). The Morgan fingerprint density at radius 2 is 2.27 bits per heavy atom. The SMILES string of the molecule is CN1C(=O)CC(=O)NC=C1Cl. The molecule has 0 aromatic carbocycles. The van der Waals surface area contributed by atoms with Crippen LogP contribution >= 0.6 is 11.6 Å². The van der Waals surface area contributed by atoms with Crippen molar-refractivity contribution in [3.8, 4) is 0 Å². The molecule has 1 aliphatic rings. The number of halogens is 1. The summed E-state index contributed by atoms with van der Waals surface area (Å²) in [6.45, 7) is 0. The van der Waals surface area contributed by atoms with Crippen LogP contribution in [0.25, 0.3) is 0 Å². The van der Waals surface area contributed by atoms with E-state index in [2.05, 4.69) is 5.32 Å². The molecule has 1 N–H and O–H groups in total. The van der Waals surface area contributed by atoms with Crippen LogP contribution in [0.15, 0.2) is 11.4 Å². The standard InChI is InChI=1S/C6H7ClN2O2/c1-9-4(7)3-8-5(10)2-6(9)11/h3H,2H2,1H3,(H,8,10). The third-order valence-corrected chi connectivity index (χ3v) is 1.72. The Morgan fingerprint density at radius 1 is 1.64 bits per heavy atom. The van der Waals surface area contributed by atoms with Crippen LogP contribution in [-0.4, -0.2) is 23.8 Å². The topological polar surface area (TPSA) is 49.4 Å². The van der Waals surface area contributed by atoms with E-state index in [-0.39, 0.29) is 23.4 Å². The van der Waals surface area contributed by atoms with E-state index in [9.17, 15) is 9.59 Å². The number of hydrogen-bond acceptors (Lipinski definition) is 2. The van der Waals surface area contributed by atoms with Gasteiger partial charge in [0.25, 0.3) is 0 Å². The van der Waals surface area contributed by atoms with Gasteiger partial charge in [0.05, 0.1) is 0 Å². The Labute approximate surface area is 68.8 Å². The molecule has 0 aliphatic carbocycles. The van der Waals surface area contributed by atoms with E-state index < -0.39 is 0 Å². The van der Waals surface area contributed by atoms with E-state index >= 15 is 0 Å². The van der Waals surface area contributed by atoms with Gasteiger partial charge in [0.1, 0.15) is 11.6 Å². The van der Waals surface area contributed by atoms with Gasteiger partial charge in [0, 0.05) is 13.2 Å². The number of nitrogens with one attached hydrogen (secondary N) is 1. The number of carbonyl (C=O) groups excluding carboxylic acids is 2. The highest BCUT2D eigenvalue weighted by atomic mass is 35.5. The van der Waals surface area contributed by atoms with Gasteiger partial charge in [0.15, 0.2) is 0 Å². The lowest BCUT2D eigenvalue weighted by molar-refractivity contribution is -0.132. The fourth-order valence-electron chi connectivity index (χ4n) is 0.663. The van der Waals surface area contributed by atoms with Gasteiger partial charge >= 0.3 is 0 Å². The summed E-state index contributed by atoms with van der Waals surface area (Å²) in [6, 6.07) is 0. The molecule has 0 saturated carbocycles. The third kappa shape index (κ3) is 1.71. The quantitative estimate of drug-likeness (QED) is 0.415. The smallest absolute Gasteiger partial charge is 0.236 e. The Morgan fingerprint density at radius 3 is 2.91 bits per heavy atom. The molecule has 0 aromatic rings. The van der Waals surface area contributed by atoms with E-state index in [0.717, 1.165) is 0 Å². The molecule has 11 heavy (non-hydrogen) atoms. The fourth-order valence-corrected chi connectivity index (χ4v) is 0.812. The highest BCUT2D eigenvalue weighted by Gasteiger charge is 2.18. The van der Waals surface area contributed by atoms with Crippen molar-refractivity contribution in [3.63, 3.8) is 0 Å². The number of rotatable bonds is 0. The lowest BCUT2D eigenvalue weighted by Gasteiger charge is -2.11. The number of amides is 2. The zero-order chi connectivity index (χ0) is 8.43. The Hall–Kier alpha value is -1.03. The van der Waals surface area contributed by atoms with Crippen molar-refractivity contribution < 1.29 is 9.59 Å². The molecule has 0 unspecified atom stereocenters. The largest absolute Gasteiger partial charge is 0.329 e. The molecule has 0 bridgehead atoms. The Bertz CT molecular complexity index is 237. The molecule has 0 aromatic heterocycles. The fraction of sp³-hybridized carbons (Fsp3) is 0.333. The first kappa shape index (κ1) is 8.07. The van der Waals surface area contributed by atoms with Crippen LogP contribution in [0.5, 0.6) is 0 Å². The lowest BCUT2D eigenvalue weighted by atomic mass is 10.4. The van der Waals surface area contributed by atoms with Crippen molar-refractivity contribution in [3.05, 3.63) is 11.4 Å². The maximum absolute atomic E-state index is 11.0. The highest BCUT2D eigenvalue weighted by Crippen LogP contribution is 2.09. The average Bonchev–Trinajstić information content (AvgIpc) is 2.05. The van der Waals surface area contributed by atoms with Crippen LogP contribution in [0.2, 0.25) is 0 Å². The second-order valence-electron chi connectivity index (χ2n) is 2.16. The molecule has 0 atom stereocenters. The van der Waals surface area contributed by atoms with E-state index in [0.29, 0.717) is 0 Å². The first-order valence-electron chi connectivity index (χ1n) is 3.03. The maximum atomic E-state index is 11.0. The monoisotopic (exact) mass is 174 g/mol. The maximum Gasteiger partial charge on any atom is 0.236 e. The number of hydrogen-bond donors (Lipinski definition) is 1. The molecule has 0 fully saturated rings. The van der Waals surface area contributed by atoms with Gasteiger partial charge in [0.2, 0.25) is 11.8 Å². The van der Waals surface area contributed by atoms with E-state index in [1.165, 1.54) is 18.1 Å². The third-order valence-electron chi connectivity index (χ3n) is 1.36.